The Morgan fingerprint density at radius 2 is 1.44 bits per heavy atom. The van der Waals surface area contributed by atoms with E-state index in [0.717, 1.165) is 11.3 Å². The van der Waals surface area contributed by atoms with Crippen LogP contribution in [0.15, 0.2) is 105 Å². The largest absolute Gasteiger partial charge is 0.508 e. The molecule has 254 valence electrons. The summed E-state index contributed by atoms with van der Waals surface area (Å²) in [4.78, 5) is 58.9. The van der Waals surface area contributed by atoms with E-state index in [2.05, 4.69) is 10.2 Å². The summed E-state index contributed by atoms with van der Waals surface area (Å²) < 4.78 is 11.4. The normalized spacial score (nSPS) is 23.0. The molecule has 3 aromatic rings. The number of azo groups is 1. The fourth-order valence-electron chi connectivity index (χ4n) is 7.78. The Kier molecular flexibility index (Phi) is 8.21. The van der Waals surface area contributed by atoms with Gasteiger partial charge in [-0.3, -0.25) is 24.1 Å². The topological polar surface area (TPSA) is 138 Å². The minimum atomic E-state index is -0.795. The molecule has 0 spiro atoms. The predicted molar refractivity (Wildman–Crippen MR) is 186 cm³/mol. The zero-order valence-electron chi connectivity index (χ0n) is 28.3. The fraction of sp³-hybridized carbons (Fsp3) is 0.282. The molecule has 1 fully saturated rings. The number of carbonyl (C=O) groups is 4. The number of nitrogens with zero attached hydrogens (tertiary/aromatic N) is 4. The van der Waals surface area contributed by atoms with Crippen molar-refractivity contribution in [3.63, 3.8) is 0 Å². The number of ether oxygens (including phenoxy) is 2. The number of hydrogen-bond donors (Lipinski definition) is 1. The van der Waals surface area contributed by atoms with Crippen LogP contribution in [0.2, 0.25) is 0 Å². The minimum Gasteiger partial charge on any atom is -0.508 e. The Bertz CT molecular complexity index is 2050. The maximum Gasteiger partial charge on any atom is 0.238 e. The smallest absolute Gasteiger partial charge is 0.238 e. The molecular weight excluding hydrogens is 636 g/mol. The van der Waals surface area contributed by atoms with Crippen LogP contribution in [-0.4, -0.2) is 56.8 Å². The standard InChI is InChI=1S/C39H36N4O7/c1-20-16-30(45)34-29(37(20)46)19-28-26(35(34)36-31(49-4)17-25(44)18-32(36)50-5)14-15-27-33(28)39(48)43(38(27)47)24-12-8-22(9-13-24)41-40-21-6-10-23(11-7-21)42(2)3/h6-14,16-18,27-28,33,35,44H,15,19H2,1-5H3. The van der Waals surface area contributed by atoms with E-state index in [4.69, 9.17) is 9.47 Å². The molecule has 1 N–H and O–H groups in total. The summed E-state index contributed by atoms with van der Waals surface area (Å²) in [7, 11) is 6.82. The van der Waals surface area contributed by atoms with Crippen LogP contribution in [0.5, 0.6) is 17.2 Å². The number of aromatic hydroxyl groups is 1. The third kappa shape index (κ3) is 5.29. The number of Topliss-reactive ketones (excluding diaryl/α,β-unsaturated/α-hetero) is 1. The molecule has 0 radical (unpaired) electrons. The molecule has 3 aliphatic carbocycles. The van der Waals surface area contributed by atoms with E-state index in [9.17, 15) is 24.3 Å². The molecule has 0 saturated carbocycles. The zero-order chi connectivity index (χ0) is 35.4. The first-order valence-corrected chi connectivity index (χ1v) is 16.3. The molecule has 1 heterocycles. The molecule has 1 saturated heterocycles. The van der Waals surface area contributed by atoms with Crippen LogP contribution in [0.3, 0.4) is 0 Å². The Labute approximate surface area is 289 Å². The zero-order valence-corrected chi connectivity index (χ0v) is 28.3. The van der Waals surface area contributed by atoms with E-state index in [1.807, 2.05) is 49.3 Å². The number of amides is 2. The summed E-state index contributed by atoms with van der Waals surface area (Å²) in [5.74, 6) is -3.54. The molecule has 11 heteroatoms. The van der Waals surface area contributed by atoms with Crippen LogP contribution in [0, 0.1) is 17.8 Å². The van der Waals surface area contributed by atoms with Crippen molar-refractivity contribution < 1.29 is 33.8 Å². The number of rotatable bonds is 7. The lowest BCUT2D eigenvalue weighted by Crippen LogP contribution is -2.40. The molecule has 0 bridgehead atoms. The Hall–Kier alpha value is -5.84. The lowest BCUT2D eigenvalue weighted by Gasteiger charge is -2.42. The molecular formula is C39H36N4O7. The first-order chi connectivity index (χ1) is 24.0. The van der Waals surface area contributed by atoms with Crippen LogP contribution in [0.4, 0.5) is 22.7 Å². The summed E-state index contributed by atoms with van der Waals surface area (Å²) in [5, 5.41) is 19.0. The molecule has 3 aromatic carbocycles. The van der Waals surface area contributed by atoms with E-state index < -0.39 is 23.7 Å². The monoisotopic (exact) mass is 672 g/mol. The molecule has 11 nitrogen and oxygen atoms in total. The quantitative estimate of drug-likeness (QED) is 0.130. The van der Waals surface area contributed by atoms with Crippen LogP contribution in [-0.2, 0) is 19.2 Å². The molecule has 4 unspecified atom stereocenters. The van der Waals surface area contributed by atoms with Crippen molar-refractivity contribution in [2.75, 3.05) is 38.1 Å². The number of fused-ring (bicyclic) bond motifs is 3. The average Bonchev–Trinajstić information content (AvgIpc) is 3.37. The van der Waals surface area contributed by atoms with Crippen LogP contribution in [0.25, 0.3) is 0 Å². The van der Waals surface area contributed by atoms with Crippen molar-refractivity contribution in [2.45, 2.75) is 25.7 Å². The van der Waals surface area contributed by atoms with Gasteiger partial charge in [-0.1, -0.05) is 11.6 Å². The molecule has 7 rings (SSSR count). The summed E-state index contributed by atoms with van der Waals surface area (Å²) in [6.45, 7) is 1.60. The summed E-state index contributed by atoms with van der Waals surface area (Å²) in [6, 6.07) is 17.3. The van der Waals surface area contributed by atoms with Gasteiger partial charge in [0.2, 0.25) is 11.8 Å². The summed E-state index contributed by atoms with van der Waals surface area (Å²) in [6.07, 6.45) is 3.68. The first kappa shape index (κ1) is 32.7. The maximum absolute atomic E-state index is 14.4. The second kappa shape index (κ2) is 12.6. The lowest BCUT2D eigenvalue weighted by atomic mass is 9.59. The van der Waals surface area contributed by atoms with Gasteiger partial charge in [-0.2, -0.15) is 10.2 Å². The van der Waals surface area contributed by atoms with E-state index in [0.29, 0.717) is 39.3 Å². The fourth-order valence-corrected chi connectivity index (χ4v) is 7.78. The summed E-state index contributed by atoms with van der Waals surface area (Å²) in [5.41, 5.74) is 4.86. The lowest BCUT2D eigenvalue weighted by molar-refractivity contribution is -0.123. The number of carbonyl (C=O) groups excluding carboxylic acids is 4. The van der Waals surface area contributed by atoms with E-state index >= 15 is 0 Å². The van der Waals surface area contributed by atoms with Crippen molar-refractivity contribution in [3.05, 3.63) is 101 Å². The first-order valence-electron chi connectivity index (χ1n) is 16.3. The number of allylic oxidation sites excluding steroid dienone is 6. The maximum atomic E-state index is 14.4. The van der Waals surface area contributed by atoms with Gasteiger partial charge in [0, 0.05) is 60.1 Å². The Morgan fingerprint density at radius 1 is 0.840 bits per heavy atom. The van der Waals surface area contributed by atoms with Crippen LogP contribution < -0.4 is 19.3 Å². The van der Waals surface area contributed by atoms with Gasteiger partial charge in [0.1, 0.15) is 17.2 Å². The number of phenols is 1. The van der Waals surface area contributed by atoms with Crippen molar-refractivity contribution in [1.29, 1.82) is 0 Å². The highest BCUT2D eigenvalue weighted by atomic mass is 16.5. The van der Waals surface area contributed by atoms with Gasteiger partial charge in [-0.05, 0) is 80.3 Å². The number of methoxy groups -OCH3 is 2. The van der Waals surface area contributed by atoms with Gasteiger partial charge in [-0.25, -0.2) is 0 Å². The van der Waals surface area contributed by atoms with Gasteiger partial charge in [0.15, 0.2) is 11.6 Å². The number of ketones is 2. The molecule has 4 aliphatic rings. The average molecular weight is 673 g/mol. The molecule has 0 aromatic heterocycles. The number of phenolic OH excluding ortho intramolecular Hbond substituents is 1. The number of imide groups is 1. The summed E-state index contributed by atoms with van der Waals surface area (Å²) >= 11 is 0. The molecule has 1 aliphatic heterocycles. The second-order valence-corrected chi connectivity index (χ2v) is 13.1. The Balaban J connectivity index is 1.23. The van der Waals surface area contributed by atoms with Crippen LogP contribution in [0.1, 0.15) is 31.2 Å². The Morgan fingerprint density at radius 3 is 2.02 bits per heavy atom. The van der Waals surface area contributed by atoms with Crippen molar-refractivity contribution >= 4 is 46.1 Å². The minimum absolute atomic E-state index is 0.0955. The van der Waals surface area contributed by atoms with Gasteiger partial charge in [0.25, 0.3) is 0 Å². The van der Waals surface area contributed by atoms with Crippen molar-refractivity contribution in [1.82, 2.24) is 0 Å². The molecule has 50 heavy (non-hydrogen) atoms. The second-order valence-electron chi connectivity index (χ2n) is 13.1. The van der Waals surface area contributed by atoms with Crippen molar-refractivity contribution in [2.24, 2.45) is 28.0 Å². The van der Waals surface area contributed by atoms with Crippen LogP contribution >= 0.6 is 0 Å². The third-order valence-corrected chi connectivity index (χ3v) is 10.1. The van der Waals surface area contributed by atoms with E-state index in [1.165, 1.54) is 37.3 Å². The SMILES string of the molecule is COc1cc(O)cc(OC)c1C1C2=CCC3C(=O)N(c4ccc(N=Nc5ccc(N(C)C)cc5)cc4)C(=O)C3C2CC2=C1C(=O)C=C(C)C2=O. The highest BCUT2D eigenvalue weighted by molar-refractivity contribution is 6.25. The number of hydrogen-bond acceptors (Lipinski definition) is 10. The van der Waals surface area contributed by atoms with Crippen molar-refractivity contribution in [3.8, 4) is 17.2 Å². The third-order valence-electron chi connectivity index (χ3n) is 10.1. The van der Waals surface area contributed by atoms with Gasteiger partial charge in [0.05, 0.1) is 43.1 Å². The van der Waals surface area contributed by atoms with Gasteiger partial charge < -0.3 is 19.5 Å². The van der Waals surface area contributed by atoms with Gasteiger partial charge >= 0.3 is 0 Å². The highest BCUT2D eigenvalue weighted by Gasteiger charge is 2.57. The number of benzene rings is 3. The predicted octanol–water partition coefficient (Wildman–Crippen LogP) is 6.52. The molecule has 2 amide bonds. The molecule has 4 atom stereocenters. The number of anilines is 2. The highest BCUT2D eigenvalue weighted by Crippen LogP contribution is 2.58. The van der Waals surface area contributed by atoms with Gasteiger partial charge in [-0.15, -0.1) is 0 Å². The van der Waals surface area contributed by atoms with E-state index in [1.54, 1.807) is 31.2 Å². The van der Waals surface area contributed by atoms with E-state index in [-0.39, 0.29) is 53.5 Å².